The highest BCUT2D eigenvalue weighted by atomic mass is 32.1. The van der Waals surface area contributed by atoms with Crippen molar-refractivity contribution >= 4 is 52.1 Å². The lowest BCUT2D eigenvalue weighted by molar-refractivity contribution is -0.142. The lowest BCUT2D eigenvalue weighted by atomic mass is 10.1. The molecule has 12 heteroatoms. The third-order valence-electron chi connectivity index (χ3n) is 6.73. The van der Waals surface area contributed by atoms with Gasteiger partial charge in [0.15, 0.2) is 12.2 Å². The van der Waals surface area contributed by atoms with Crippen LogP contribution in [0.5, 0.6) is 0 Å². The number of carbonyl (C=O) groups is 4. The van der Waals surface area contributed by atoms with Crippen LogP contribution in [0, 0.1) is 23.5 Å². The van der Waals surface area contributed by atoms with Crippen molar-refractivity contribution in [2.75, 3.05) is 27.8 Å². The van der Waals surface area contributed by atoms with Gasteiger partial charge in [0.1, 0.15) is 11.6 Å². The molecule has 228 valence electrons. The SMILES string of the molecule is CC(C)CN1C(=O)C(NC(C(=O)O)N(C(=O)Cc2cc(F)cc(F)c2)c2ccsc2)C(=O)N(CC(C)C)c2ccccc21. The van der Waals surface area contributed by atoms with Crippen LogP contribution in [-0.4, -0.2) is 54.1 Å². The smallest absolute Gasteiger partial charge is 0.342 e. The topological polar surface area (TPSA) is 110 Å². The molecule has 0 radical (unpaired) electrons. The van der Waals surface area contributed by atoms with Gasteiger partial charge in [-0.1, -0.05) is 39.8 Å². The van der Waals surface area contributed by atoms with Crippen molar-refractivity contribution in [3.8, 4) is 0 Å². The molecule has 0 saturated carbocycles. The van der Waals surface area contributed by atoms with Crippen LogP contribution in [-0.2, 0) is 25.6 Å². The lowest BCUT2D eigenvalue weighted by Crippen LogP contribution is -2.64. The fraction of sp³-hybridized carbons (Fsp3) is 0.355. The van der Waals surface area contributed by atoms with Gasteiger partial charge in [-0.2, -0.15) is 11.3 Å². The summed E-state index contributed by atoms with van der Waals surface area (Å²) in [6.07, 6.45) is -2.41. The normalized spacial score (nSPS) is 14.7. The maximum atomic E-state index is 14.1. The van der Waals surface area contributed by atoms with Gasteiger partial charge in [0, 0.05) is 24.5 Å². The van der Waals surface area contributed by atoms with Crippen molar-refractivity contribution in [2.24, 2.45) is 11.8 Å². The molecule has 0 spiro atoms. The van der Waals surface area contributed by atoms with Crippen LogP contribution in [0.4, 0.5) is 25.8 Å². The molecular weight excluding hydrogens is 578 g/mol. The first kappa shape index (κ1) is 31.8. The zero-order valence-electron chi connectivity index (χ0n) is 24.3. The first-order valence-corrected chi connectivity index (χ1v) is 14.8. The monoisotopic (exact) mass is 612 g/mol. The molecule has 43 heavy (non-hydrogen) atoms. The number of benzene rings is 2. The van der Waals surface area contributed by atoms with Crippen LogP contribution in [0.15, 0.2) is 59.3 Å². The molecule has 2 N–H and O–H groups in total. The minimum atomic E-state index is -1.87. The molecule has 0 bridgehead atoms. The number of carboxylic acid groups (broad SMARTS) is 1. The van der Waals surface area contributed by atoms with Gasteiger partial charge in [0.2, 0.25) is 5.91 Å². The van der Waals surface area contributed by atoms with Gasteiger partial charge in [0.25, 0.3) is 11.8 Å². The van der Waals surface area contributed by atoms with E-state index in [1.54, 1.807) is 29.6 Å². The first-order valence-electron chi connectivity index (χ1n) is 13.9. The van der Waals surface area contributed by atoms with Crippen LogP contribution >= 0.6 is 11.3 Å². The van der Waals surface area contributed by atoms with Gasteiger partial charge in [-0.3, -0.25) is 24.6 Å². The number of para-hydroxylation sites is 2. The Morgan fingerprint density at radius 2 is 1.47 bits per heavy atom. The van der Waals surface area contributed by atoms with Crippen LogP contribution in [0.25, 0.3) is 0 Å². The molecule has 0 saturated heterocycles. The summed E-state index contributed by atoms with van der Waals surface area (Å²) < 4.78 is 27.8. The van der Waals surface area contributed by atoms with Crippen LogP contribution in [0.2, 0.25) is 0 Å². The maximum Gasteiger partial charge on any atom is 0.342 e. The Kier molecular flexibility index (Phi) is 9.92. The first-order chi connectivity index (χ1) is 20.4. The molecule has 1 aliphatic heterocycles. The number of hydrogen-bond donors (Lipinski definition) is 2. The van der Waals surface area contributed by atoms with E-state index in [0.717, 1.165) is 17.0 Å². The maximum absolute atomic E-state index is 14.1. The van der Waals surface area contributed by atoms with E-state index in [2.05, 4.69) is 5.32 Å². The van der Waals surface area contributed by atoms with E-state index < -0.39 is 54.0 Å². The zero-order valence-corrected chi connectivity index (χ0v) is 25.1. The van der Waals surface area contributed by atoms with E-state index in [9.17, 15) is 33.1 Å². The summed E-state index contributed by atoms with van der Waals surface area (Å²) in [7, 11) is 0. The Bertz CT molecular complexity index is 1430. The highest BCUT2D eigenvalue weighted by Gasteiger charge is 2.44. The Labute approximate surface area is 252 Å². The Hall–Kier alpha value is -4.16. The average molecular weight is 613 g/mol. The second kappa shape index (κ2) is 13.4. The minimum absolute atomic E-state index is 0.00449. The molecule has 0 fully saturated rings. The summed E-state index contributed by atoms with van der Waals surface area (Å²) in [4.78, 5) is 58.5. The number of halogens is 2. The number of nitrogens with zero attached hydrogens (tertiary/aromatic N) is 3. The summed E-state index contributed by atoms with van der Waals surface area (Å²) >= 11 is 1.20. The molecule has 1 aliphatic rings. The molecule has 2 heterocycles. The largest absolute Gasteiger partial charge is 0.479 e. The summed E-state index contributed by atoms with van der Waals surface area (Å²) in [5.74, 6) is -5.41. The second-order valence-electron chi connectivity index (χ2n) is 11.2. The number of anilines is 3. The second-order valence-corrected chi connectivity index (χ2v) is 12.0. The minimum Gasteiger partial charge on any atom is -0.479 e. The number of fused-ring (bicyclic) bond motifs is 1. The number of hydrogen-bond acceptors (Lipinski definition) is 6. The van der Waals surface area contributed by atoms with Crippen LogP contribution < -0.4 is 20.0 Å². The Morgan fingerprint density at radius 3 is 1.91 bits per heavy atom. The van der Waals surface area contributed by atoms with E-state index in [1.165, 1.54) is 32.6 Å². The zero-order chi connectivity index (χ0) is 31.4. The Balaban J connectivity index is 1.78. The van der Waals surface area contributed by atoms with Crippen LogP contribution in [0.1, 0.15) is 33.3 Å². The summed E-state index contributed by atoms with van der Waals surface area (Å²) in [6.45, 7) is 8.19. The molecule has 9 nitrogen and oxygen atoms in total. The molecule has 3 amide bonds. The van der Waals surface area contributed by atoms with Gasteiger partial charge in [0.05, 0.1) is 23.5 Å². The van der Waals surface area contributed by atoms with E-state index in [0.29, 0.717) is 17.4 Å². The molecule has 4 rings (SSSR count). The van der Waals surface area contributed by atoms with Crippen molar-refractivity contribution in [2.45, 2.75) is 46.3 Å². The fourth-order valence-electron chi connectivity index (χ4n) is 5.04. The number of carbonyl (C=O) groups excluding carboxylic acids is 3. The van der Waals surface area contributed by atoms with E-state index in [1.807, 2.05) is 27.7 Å². The van der Waals surface area contributed by atoms with E-state index >= 15 is 0 Å². The molecule has 0 aliphatic carbocycles. The van der Waals surface area contributed by atoms with Gasteiger partial charge < -0.3 is 14.9 Å². The van der Waals surface area contributed by atoms with Crippen molar-refractivity contribution in [1.29, 1.82) is 0 Å². The highest BCUT2D eigenvalue weighted by molar-refractivity contribution is 7.08. The predicted molar refractivity (Wildman–Crippen MR) is 161 cm³/mol. The third kappa shape index (κ3) is 7.26. The summed E-state index contributed by atoms with van der Waals surface area (Å²) in [5.41, 5.74) is 1.22. The van der Waals surface area contributed by atoms with Gasteiger partial charge in [-0.05, 0) is 53.1 Å². The van der Waals surface area contributed by atoms with E-state index in [4.69, 9.17) is 0 Å². The predicted octanol–water partition coefficient (Wildman–Crippen LogP) is 4.66. The van der Waals surface area contributed by atoms with Crippen LogP contribution in [0.3, 0.4) is 0 Å². The quantitative estimate of drug-likeness (QED) is 0.241. The van der Waals surface area contributed by atoms with Gasteiger partial charge in [-0.15, -0.1) is 0 Å². The van der Waals surface area contributed by atoms with Crippen molar-refractivity contribution in [3.63, 3.8) is 0 Å². The number of nitrogens with one attached hydrogen (secondary N) is 1. The molecular formula is C31H34F2N4O5S. The average Bonchev–Trinajstić information content (AvgIpc) is 3.43. The summed E-state index contributed by atoms with van der Waals surface area (Å²) in [6, 6.07) is 9.49. The lowest BCUT2D eigenvalue weighted by Gasteiger charge is -2.33. The number of aliphatic carboxylic acids is 1. The molecule has 3 aromatic rings. The Morgan fingerprint density at radius 1 is 0.930 bits per heavy atom. The highest BCUT2D eigenvalue weighted by Crippen LogP contribution is 2.35. The third-order valence-corrected chi connectivity index (χ3v) is 7.40. The number of rotatable bonds is 11. The van der Waals surface area contributed by atoms with Crippen molar-refractivity contribution in [1.82, 2.24) is 5.32 Å². The number of amides is 3. The fourth-order valence-corrected chi connectivity index (χ4v) is 5.67. The molecule has 1 unspecified atom stereocenters. The van der Waals surface area contributed by atoms with Crippen molar-refractivity contribution < 1.29 is 33.1 Å². The summed E-state index contributed by atoms with van der Waals surface area (Å²) in [5, 5.41) is 16.2. The molecule has 2 aromatic carbocycles. The number of carboxylic acids is 1. The number of thiophene rings is 1. The molecule has 1 atom stereocenters. The van der Waals surface area contributed by atoms with Gasteiger partial charge >= 0.3 is 5.97 Å². The van der Waals surface area contributed by atoms with Gasteiger partial charge in [-0.25, -0.2) is 13.6 Å². The molecule has 1 aromatic heterocycles. The van der Waals surface area contributed by atoms with E-state index in [-0.39, 0.29) is 36.2 Å². The standard InChI is InChI=1S/C31H34F2N4O5S/c1-18(2)15-35-24-7-5-6-8-25(24)36(16-19(3)4)30(40)27(29(35)39)34-28(31(41)42)37(23-9-10-43-17-23)26(38)13-20-11-21(32)14-22(33)12-20/h5-12,14,17-19,27-28,34H,13,15-16H2,1-4H3,(H,41,42). The van der Waals surface area contributed by atoms with Crippen molar-refractivity contribution in [3.05, 3.63) is 76.5 Å².